The molecule has 0 aliphatic carbocycles. The molecule has 0 saturated heterocycles. The van der Waals surface area contributed by atoms with Gasteiger partial charge in [-0.3, -0.25) is 4.79 Å². The average molecular weight is 272 g/mol. The van der Waals surface area contributed by atoms with Gasteiger partial charge >= 0.3 is 0 Å². The van der Waals surface area contributed by atoms with Gasteiger partial charge in [-0.15, -0.1) is 0 Å². The molecule has 0 aliphatic rings. The van der Waals surface area contributed by atoms with Crippen molar-refractivity contribution in [3.8, 4) is 0 Å². The van der Waals surface area contributed by atoms with Gasteiger partial charge in [-0.05, 0) is 39.7 Å². The van der Waals surface area contributed by atoms with E-state index in [-0.39, 0.29) is 18.0 Å². The number of carbonyl (C=O) groups is 1. The highest BCUT2D eigenvalue weighted by Gasteiger charge is 2.13. The van der Waals surface area contributed by atoms with Gasteiger partial charge in [0.25, 0.3) is 0 Å². The normalized spacial score (nSPS) is 14.1. The summed E-state index contributed by atoms with van der Waals surface area (Å²) in [6.07, 6.45) is 5.38. The van der Waals surface area contributed by atoms with Gasteiger partial charge in [0.2, 0.25) is 5.91 Å². The van der Waals surface area contributed by atoms with Crippen LogP contribution in [0.15, 0.2) is 0 Å². The van der Waals surface area contributed by atoms with Crippen molar-refractivity contribution in [2.24, 2.45) is 0 Å². The van der Waals surface area contributed by atoms with E-state index in [1.165, 1.54) is 6.42 Å². The SMILES string of the molecule is CCCCOCCCNC(C)C(=O)NC(C)CCC. The smallest absolute Gasteiger partial charge is 0.237 e. The third kappa shape index (κ3) is 11.0. The van der Waals surface area contributed by atoms with E-state index in [2.05, 4.69) is 31.4 Å². The second kappa shape index (κ2) is 12.4. The molecule has 2 unspecified atom stereocenters. The minimum Gasteiger partial charge on any atom is -0.381 e. The first kappa shape index (κ1) is 18.4. The summed E-state index contributed by atoms with van der Waals surface area (Å²) in [6, 6.07) is 0.133. The molecule has 0 aliphatic heterocycles. The highest BCUT2D eigenvalue weighted by atomic mass is 16.5. The van der Waals surface area contributed by atoms with Crippen molar-refractivity contribution in [3.63, 3.8) is 0 Å². The van der Waals surface area contributed by atoms with E-state index in [1.54, 1.807) is 0 Å². The Hall–Kier alpha value is -0.610. The Bertz CT molecular complexity index is 222. The first-order valence-electron chi connectivity index (χ1n) is 7.73. The van der Waals surface area contributed by atoms with Crippen molar-refractivity contribution >= 4 is 5.91 Å². The molecule has 1 amide bonds. The number of nitrogens with one attached hydrogen (secondary N) is 2. The third-order valence-corrected chi connectivity index (χ3v) is 3.06. The standard InChI is InChI=1S/C15H32N2O2/c1-5-7-11-19-12-8-10-16-14(4)15(18)17-13(3)9-6-2/h13-14,16H,5-12H2,1-4H3,(H,17,18). The summed E-state index contributed by atoms with van der Waals surface area (Å²) in [5.74, 6) is 0.0906. The predicted molar refractivity (Wildman–Crippen MR) is 80.3 cm³/mol. The van der Waals surface area contributed by atoms with Crippen molar-refractivity contribution in [1.29, 1.82) is 0 Å². The van der Waals surface area contributed by atoms with Crippen LogP contribution in [0.1, 0.15) is 59.8 Å². The zero-order valence-electron chi connectivity index (χ0n) is 13.1. The Morgan fingerprint density at radius 2 is 1.79 bits per heavy atom. The zero-order chi connectivity index (χ0) is 14.5. The summed E-state index contributed by atoms with van der Waals surface area (Å²) >= 11 is 0. The fourth-order valence-corrected chi connectivity index (χ4v) is 1.81. The Morgan fingerprint density at radius 3 is 2.42 bits per heavy atom. The minimum absolute atomic E-state index is 0.0906. The molecule has 4 heteroatoms. The van der Waals surface area contributed by atoms with Crippen LogP contribution >= 0.6 is 0 Å². The molecule has 0 spiro atoms. The van der Waals surface area contributed by atoms with Crippen molar-refractivity contribution in [3.05, 3.63) is 0 Å². The molecule has 4 nitrogen and oxygen atoms in total. The number of amides is 1. The molecule has 0 bridgehead atoms. The fourth-order valence-electron chi connectivity index (χ4n) is 1.81. The summed E-state index contributed by atoms with van der Waals surface area (Å²) in [5.41, 5.74) is 0. The molecule has 2 N–H and O–H groups in total. The van der Waals surface area contributed by atoms with Gasteiger partial charge in [-0.25, -0.2) is 0 Å². The molecular weight excluding hydrogens is 240 g/mol. The van der Waals surface area contributed by atoms with Gasteiger partial charge < -0.3 is 15.4 Å². The molecule has 0 aromatic carbocycles. The van der Waals surface area contributed by atoms with E-state index in [4.69, 9.17) is 4.74 Å². The second-order valence-corrected chi connectivity index (χ2v) is 5.19. The molecule has 0 heterocycles. The van der Waals surface area contributed by atoms with Crippen LogP contribution in [0.2, 0.25) is 0 Å². The lowest BCUT2D eigenvalue weighted by molar-refractivity contribution is -0.123. The first-order chi connectivity index (χ1) is 9.11. The van der Waals surface area contributed by atoms with E-state index < -0.39 is 0 Å². The van der Waals surface area contributed by atoms with Crippen LogP contribution in [0.4, 0.5) is 0 Å². The zero-order valence-corrected chi connectivity index (χ0v) is 13.1. The van der Waals surface area contributed by atoms with Crippen LogP contribution in [-0.4, -0.2) is 37.7 Å². The molecule has 0 aromatic heterocycles. The lowest BCUT2D eigenvalue weighted by Crippen LogP contribution is -2.45. The molecule has 0 aromatic rings. The number of ether oxygens (including phenoxy) is 1. The summed E-state index contributed by atoms with van der Waals surface area (Å²) in [4.78, 5) is 11.8. The summed E-state index contributed by atoms with van der Waals surface area (Å²) in [5, 5.41) is 6.25. The molecule has 19 heavy (non-hydrogen) atoms. The largest absolute Gasteiger partial charge is 0.381 e. The Morgan fingerprint density at radius 1 is 1.11 bits per heavy atom. The van der Waals surface area contributed by atoms with E-state index >= 15 is 0 Å². The van der Waals surface area contributed by atoms with Crippen LogP contribution in [0.5, 0.6) is 0 Å². The van der Waals surface area contributed by atoms with Crippen molar-refractivity contribution < 1.29 is 9.53 Å². The molecule has 2 atom stereocenters. The van der Waals surface area contributed by atoms with Crippen LogP contribution < -0.4 is 10.6 Å². The van der Waals surface area contributed by atoms with Gasteiger partial charge in [-0.2, -0.15) is 0 Å². The van der Waals surface area contributed by atoms with Crippen molar-refractivity contribution in [1.82, 2.24) is 10.6 Å². The first-order valence-corrected chi connectivity index (χ1v) is 7.73. The monoisotopic (exact) mass is 272 g/mol. The molecule has 0 radical (unpaired) electrons. The number of rotatable bonds is 12. The predicted octanol–water partition coefficient (Wildman–Crippen LogP) is 2.48. The quantitative estimate of drug-likeness (QED) is 0.537. The van der Waals surface area contributed by atoms with Crippen LogP contribution in [0.25, 0.3) is 0 Å². The van der Waals surface area contributed by atoms with E-state index in [0.29, 0.717) is 0 Å². The lowest BCUT2D eigenvalue weighted by Gasteiger charge is -2.18. The highest BCUT2D eigenvalue weighted by Crippen LogP contribution is 1.96. The summed E-state index contributed by atoms with van der Waals surface area (Å²) in [6.45, 7) is 10.7. The average Bonchev–Trinajstić information content (AvgIpc) is 2.37. The van der Waals surface area contributed by atoms with Gasteiger partial charge in [0.1, 0.15) is 0 Å². The second-order valence-electron chi connectivity index (χ2n) is 5.19. The van der Waals surface area contributed by atoms with Gasteiger partial charge in [0.05, 0.1) is 6.04 Å². The van der Waals surface area contributed by atoms with Gasteiger partial charge in [-0.1, -0.05) is 26.7 Å². The molecule has 114 valence electrons. The van der Waals surface area contributed by atoms with Crippen LogP contribution in [0, 0.1) is 0 Å². The molecule has 0 rings (SSSR count). The maximum atomic E-state index is 11.8. The number of hydrogen-bond donors (Lipinski definition) is 2. The maximum Gasteiger partial charge on any atom is 0.237 e. The number of hydrogen-bond acceptors (Lipinski definition) is 3. The Balaban J connectivity index is 3.51. The number of carbonyl (C=O) groups excluding carboxylic acids is 1. The highest BCUT2D eigenvalue weighted by molar-refractivity contribution is 5.81. The van der Waals surface area contributed by atoms with Crippen LogP contribution in [-0.2, 0) is 9.53 Å². The Labute approximate surface area is 118 Å². The van der Waals surface area contributed by atoms with E-state index in [0.717, 1.165) is 45.4 Å². The van der Waals surface area contributed by atoms with Crippen molar-refractivity contribution in [2.75, 3.05) is 19.8 Å². The minimum atomic E-state index is -0.130. The third-order valence-electron chi connectivity index (χ3n) is 3.06. The molecule has 0 saturated carbocycles. The van der Waals surface area contributed by atoms with E-state index in [1.807, 2.05) is 6.92 Å². The maximum absolute atomic E-state index is 11.8. The topological polar surface area (TPSA) is 50.4 Å². The number of unbranched alkanes of at least 4 members (excludes halogenated alkanes) is 1. The molecule has 0 fully saturated rings. The summed E-state index contributed by atoms with van der Waals surface area (Å²) < 4.78 is 5.47. The molecular formula is C15H32N2O2. The van der Waals surface area contributed by atoms with E-state index in [9.17, 15) is 4.79 Å². The van der Waals surface area contributed by atoms with Crippen LogP contribution in [0.3, 0.4) is 0 Å². The lowest BCUT2D eigenvalue weighted by atomic mass is 10.2. The van der Waals surface area contributed by atoms with Gasteiger partial charge in [0, 0.05) is 19.3 Å². The fraction of sp³-hybridized carbons (Fsp3) is 0.933. The Kier molecular flexibility index (Phi) is 12.0. The summed E-state index contributed by atoms with van der Waals surface area (Å²) in [7, 11) is 0. The van der Waals surface area contributed by atoms with Gasteiger partial charge in [0.15, 0.2) is 0 Å². The van der Waals surface area contributed by atoms with Crippen molar-refractivity contribution in [2.45, 2.75) is 71.9 Å².